The van der Waals surface area contributed by atoms with Gasteiger partial charge >= 0.3 is 0 Å². The molecule has 1 fully saturated rings. The maximum absolute atomic E-state index is 12.6. The molecule has 2 atom stereocenters. The Hall–Kier alpha value is -1.77. The maximum Gasteiger partial charge on any atom is 0.289 e. The largest absolute Gasteiger partial charge is 0.369 e. The molecule has 1 aromatic carbocycles. The van der Waals surface area contributed by atoms with Crippen LogP contribution in [0.1, 0.15) is 48.8 Å². The lowest BCUT2D eigenvalue weighted by Gasteiger charge is -2.33. The Kier molecular flexibility index (Phi) is 11.4. The van der Waals surface area contributed by atoms with E-state index in [-0.39, 0.29) is 48.6 Å². The Morgan fingerprint density at radius 2 is 1.90 bits per heavy atom. The minimum Gasteiger partial charge on any atom is -0.369 e. The molecule has 2 aromatic rings. The quantitative estimate of drug-likeness (QED) is 0.265. The average molecular weight is 488 g/mol. The van der Waals surface area contributed by atoms with Crippen LogP contribution in [0.2, 0.25) is 0 Å². The molecule has 0 saturated heterocycles. The van der Waals surface area contributed by atoms with Gasteiger partial charge in [-0.05, 0) is 45.1 Å². The van der Waals surface area contributed by atoms with E-state index in [1.165, 1.54) is 0 Å². The summed E-state index contributed by atoms with van der Waals surface area (Å²) in [6.45, 7) is 4.40. The molecular formula is C21H32Cl2N6OS. The average Bonchev–Trinajstić information content (AvgIpc) is 2.69. The summed E-state index contributed by atoms with van der Waals surface area (Å²) in [5, 5.41) is 18.5. The van der Waals surface area contributed by atoms with Gasteiger partial charge in [-0.1, -0.05) is 24.5 Å². The molecule has 1 heterocycles. The number of amidine groups is 1. The van der Waals surface area contributed by atoms with Crippen molar-refractivity contribution in [2.75, 3.05) is 23.9 Å². The minimum atomic E-state index is -0.252. The molecule has 0 spiro atoms. The number of amides is 1. The van der Waals surface area contributed by atoms with Gasteiger partial charge in [0.15, 0.2) is 0 Å². The van der Waals surface area contributed by atoms with Crippen LogP contribution in [0.4, 0.5) is 5.82 Å². The van der Waals surface area contributed by atoms with Crippen molar-refractivity contribution in [2.24, 2.45) is 0 Å². The first kappa shape index (κ1) is 27.3. The lowest BCUT2D eigenvalue weighted by molar-refractivity contribution is 0.0946. The van der Waals surface area contributed by atoms with E-state index in [1.54, 1.807) is 18.7 Å². The Labute approximate surface area is 200 Å². The first-order valence-electron chi connectivity index (χ1n) is 10.1. The molecule has 31 heavy (non-hydrogen) atoms. The number of fused-ring (bicyclic) bond motifs is 1. The molecule has 1 aliphatic carbocycles. The van der Waals surface area contributed by atoms with Gasteiger partial charge in [-0.15, -0.1) is 24.8 Å². The fraction of sp³-hybridized carbons (Fsp3) is 0.524. The number of benzene rings is 1. The number of carbonyl (C=O) groups is 1. The summed E-state index contributed by atoms with van der Waals surface area (Å²) in [4.78, 5) is 21.7. The number of nitrogens with one attached hydrogen (secondary N) is 4. The van der Waals surface area contributed by atoms with E-state index in [2.05, 4.69) is 32.0 Å². The van der Waals surface area contributed by atoms with Crippen LogP contribution in [0.15, 0.2) is 18.2 Å². The van der Waals surface area contributed by atoms with Crippen LogP contribution in [0.25, 0.3) is 10.9 Å². The summed E-state index contributed by atoms with van der Waals surface area (Å²) >= 11 is 1.68. The van der Waals surface area contributed by atoms with Crippen LogP contribution in [0.5, 0.6) is 0 Å². The second kappa shape index (κ2) is 12.9. The Morgan fingerprint density at radius 1 is 1.19 bits per heavy atom. The highest BCUT2D eigenvalue weighted by molar-refractivity contribution is 7.98. The molecule has 10 heteroatoms. The van der Waals surface area contributed by atoms with E-state index in [0.29, 0.717) is 18.2 Å². The van der Waals surface area contributed by atoms with Crippen molar-refractivity contribution in [3.8, 4) is 0 Å². The minimum absolute atomic E-state index is 0. The molecular weight excluding hydrogens is 455 g/mol. The Morgan fingerprint density at radius 3 is 2.58 bits per heavy atom. The lowest BCUT2D eigenvalue weighted by atomic mass is 9.90. The molecule has 4 N–H and O–H groups in total. The molecule has 1 saturated carbocycles. The standard InChI is InChI=1S/C21H30N6OS.2ClH/c1-13-8-9-16-15(12-13)19(27-20(25-16)21(28)23-10-11-29-3)26-18-7-5-4-6-17(18)24-14(2)22;;/h8-9,12,17-18H,4-7,10-11H2,1-3H3,(H2,22,24)(H,23,28)(H,25,26,27);2*1H/t17-,18+;;/m1../s1. The van der Waals surface area contributed by atoms with Gasteiger partial charge in [-0.3, -0.25) is 10.2 Å². The predicted octanol–water partition coefficient (Wildman–Crippen LogP) is 4.18. The summed E-state index contributed by atoms with van der Waals surface area (Å²) in [5.74, 6) is 1.95. The van der Waals surface area contributed by atoms with Crippen molar-refractivity contribution in [2.45, 2.75) is 51.6 Å². The number of nitrogens with zero attached hydrogens (tertiary/aromatic N) is 2. The van der Waals surface area contributed by atoms with Crippen LogP contribution in [-0.2, 0) is 0 Å². The van der Waals surface area contributed by atoms with Crippen LogP contribution in [-0.4, -0.2) is 52.3 Å². The van der Waals surface area contributed by atoms with E-state index >= 15 is 0 Å². The van der Waals surface area contributed by atoms with Gasteiger partial charge in [0.1, 0.15) is 5.82 Å². The number of thioether (sulfide) groups is 1. The van der Waals surface area contributed by atoms with Crippen molar-refractivity contribution in [3.05, 3.63) is 29.6 Å². The molecule has 1 amide bonds. The van der Waals surface area contributed by atoms with Crippen LogP contribution in [0, 0.1) is 12.3 Å². The van der Waals surface area contributed by atoms with Gasteiger partial charge in [0.05, 0.1) is 11.4 Å². The molecule has 0 unspecified atom stereocenters. The van der Waals surface area contributed by atoms with Gasteiger partial charge in [-0.2, -0.15) is 11.8 Å². The van der Waals surface area contributed by atoms with E-state index < -0.39 is 0 Å². The van der Waals surface area contributed by atoms with E-state index in [0.717, 1.165) is 47.9 Å². The van der Waals surface area contributed by atoms with Crippen molar-refractivity contribution in [1.29, 1.82) is 5.41 Å². The van der Waals surface area contributed by atoms with Crippen LogP contribution in [0.3, 0.4) is 0 Å². The van der Waals surface area contributed by atoms with Gasteiger partial charge < -0.3 is 16.0 Å². The fourth-order valence-corrected chi connectivity index (χ4v) is 4.04. The first-order valence-corrected chi connectivity index (χ1v) is 11.5. The fourth-order valence-electron chi connectivity index (χ4n) is 3.73. The number of anilines is 1. The van der Waals surface area contributed by atoms with Crippen molar-refractivity contribution >= 4 is 65.0 Å². The number of hydrogen-bond donors (Lipinski definition) is 4. The number of hydrogen-bond acceptors (Lipinski definition) is 6. The third kappa shape index (κ3) is 7.40. The number of halogens is 2. The van der Waals surface area contributed by atoms with Crippen LogP contribution >= 0.6 is 36.6 Å². The van der Waals surface area contributed by atoms with Crippen molar-refractivity contribution < 1.29 is 4.79 Å². The van der Waals surface area contributed by atoms with Gasteiger partial charge in [-0.25, -0.2) is 9.97 Å². The van der Waals surface area contributed by atoms with Gasteiger partial charge in [0.25, 0.3) is 5.91 Å². The highest BCUT2D eigenvalue weighted by Crippen LogP contribution is 2.27. The summed E-state index contributed by atoms with van der Waals surface area (Å²) in [6.07, 6.45) is 6.30. The molecule has 3 rings (SSSR count). The smallest absolute Gasteiger partial charge is 0.289 e. The highest BCUT2D eigenvalue weighted by atomic mass is 35.5. The summed E-state index contributed by atoms with van der Waals surface area (Å²) in [6, 6.07) is 6.32. The van der Waals surface area contributed by atoms with E-state index in [4.69, 9.17) is 5.41 Å². The van der Waals surface area contributed by atoms with Crippen molar-refractivity contribution in [3.63, 3.8) is 0 Å². The molecule has 0 radical (unpaired) electrons. The second-order valence-electron chi connectivity index (χ2n) is 7.58. The zero-order chi connectivity index (χ0) is 20.8. The summed E-state index contributed by atoms with van der Waals surface area (Å²) < 4.78 is 0. The number of aromatic nitrogens is 2. The topological polar surface area (TPSA) is 103 Å². The molecule has 1 aromatic heterocycles. The third-order valence-electron chi connectivity index (χ3n) is 5.14. The van der Waals surface area contributed by atoms with Gasteiger partial charge in [0, 0.05) is 29.8 Å². The molecule has 1 aliphatic rings. The zero-order valence-corrected chi connectivity index (χ0v) is 20.6. The number of rotatable bonds is 7. The summed E-state index contributed by atoms with van der Waals surface area (Å²) in [5.41, 5.74) is 1.88. The molecule has 7 nitrogen and oxygen atoms in total. The first-order chi connectivity index (χ1) is 14.0. The van der Waals surface area contributed by atoms with Gasteiger partial charge in [0.2, 0.25) is 5.82 Å². The predicted molar refractivity (Wildman–Crippen MR) is 136 cm³/mol. The third-order valence-corrected chi connectivity index (χ3v) is 5.75. The SMILES string of the molecule is CSCCNC(=O)c1nc(N[C@H]2CCCC[C@H]2NC(C)=N)c2cc(C)ccc2n1.Cl.Cl. The monoisotopic (exact) mass is 486 g/mol. The highest BCUT2D eigenvalue weighted by Gasteiger charge is 2.26. The molecule has 0 bridgehead atoms. The van der Waals surface area contributed by atoms with Crippen molar-refractivity contribution in [1.82, 2.24) is 20.6 Å². The molecule has 172 valence electrons. The van der Waals surface area contributed by atoms with E-state index in [9.17, 15) is 4.79 Å². The summed E-state index contributed by atoms with van der Waals surface area (Å²) in [7, 11) is 0. The van der Waals surface area contributed by atoms with Crippen LogP contribution < -0.4 is 16.0 Å². The normalized spacial score (nSPS) is 17.8. The van der Waals surface area contributed by atoms with E-state index in [1.807, 2.05) is 25.3 Å². The number of carbonyl (C=O) groups excluding carboxylic acids is 1. The maximum atomic E-state index is 12.6. The Bertz CT molecular complexity index is 898. The molecule has 0 aliphatic heterocycles. The lowest BCUT2D eigenvalue weighted by Crippen LogP contribution is -2.48. The zero-order valence-electron chi connectivity index (χ0n) is 18.2. The second-order valence-corrected chi connectivity index (χ2v) is 8.56. The number of aryl methyl sites for hydroxylation is 1. The Balaban J connectivity index is 0.00000240.